The first kappa shape index (κ1) is 12.2. The number of hydrogen-bond donors (Lipinski definition) is 0. The highest BCUT2D eigenvalue weighted by molar-refractivity contribution is 6.31. The maximum atomic E-state index is 13.3. The van der Waals surface area contributed by atoms with Crippen molar-refractivity contribution >= 4 is 17.4 Å². The van der Waals surface area contributed by atoms with Crippen molar-refractivity contribution < 1.29 is 9.18 Å². The SMILES string of the molecule is CCCCC(=O)Cc1c(F)cccc1Cl. The topological polar surface area (TPSA) is 17.1 Å². The molecule has 0 saturated carbocycles. The summed E-state index contributed by atoms with van der Waals surface area (Å²) in [7, 11) is 0. The molecule has 0 heterocycles. The number of carbonyl (C=O) groups is 1. The van der Waals surface area contributed by atoms with Crippen molar-refractivity contribution in [2.24, 2.45) is 0 Å². The zero-order valence-electron chi connectivity index (χ0n) is 8.72. The molecule has 0 N–H and O–H groups in total. The summed E-state index contributed by atoms with van der Waals surface area (Å²) in [5.41, 5.74) is 0.320. The Kier molecular flexibility index (Phi) is 4.76. The third-order valence-corrected chi connectivity index (χ3v) is 2.60. The monoisotopic (exact) mass is 228 g/mol. The Balaban J connectivity index is 2.68. The molecule has 0 aromatic heterocycles. The molecule has 0 aliphatic heterocycles. The maximum Gasteiger partial charge on any atom is 0.137 e. The van der Waals surface area contributed by atoms with Gasteiger partial charge in [-0.05, 0) is 18.6 Å². The molecule has 1 aromatic rings. The maximum absolute atomic E-state index is 13.3. The minimum atomic E-state index is -0.396. The van der Waals surface area contributed by atoms with Crippen LogP contribution < -0.4 is 0 Å². The van der Waals surface area contributed by atoms with Crippen molar-refractivity contribution in [2.75, 3.05) is 0 Å². The predicted octanol–water partition coefficient (Wildman–Crippen LogP) is 3.78. The van der Waals surface area contributed by atoms with Crippen LogP contribution in [-0.2, 0) is 11.2 Å². The summed E-state index contributed by atoms with van der Waals surface area (Å²) in [5, 5.41) is 0.333. The van der Waals surface area contributed by atoms with Gasteiger partial charge in [-0.25, -0.2) is 4.39 Å². The first-order valence-corrected chi connectivity index (χ1v) is 5.47. The molecule has 0 amide bonds. The second kappa shape index (κ2) is 5.86. The molecule has 0 spiro atoms. The third-order valence-electron chi connectivity index (χ3n) is 2.24. The lowest BCUT2D eigenvalue weighted by molar-refractivity contribution is -0.118. The molecule has 82 valence electrons. The van der Waals surface area contributed by atoms with Crippen LogP contribution in [0, 0.1) is 5.82 Å². The predicted molar refractivity (Wildman–Crippen MR) is 59.6 cm³/mol. The van der Waals surface area contributed by atoms with E-state index in [4.69, 9.17) is 11.6 Å². The Labute approximate surface area is 94.3 Å². The zero-order valence-corrected chi connectivity index (χ0v) is 9.48. The van der Waals surface area contributed by atoms with Crippen molar-refractivity contribution in [1.29, 1.82) is 0 Å². The fourth-order valence-electron chi connectivity index (χ4n) is 1.36. The molecule has 0 aliphatic carbocycles. The molecule has 1 aromatic carbocycles. The van der Waals surface area contributed by atoms with Gasteiger partial charge in [0.25, 0.3) is 0 Å². The summed E-state index contributed by atoms with van der Waals surface area (Å²) < 4.78 is 13.3. The molecule has 0 radical (unpaired) electrons. The summed E-state index contributed by atoms with van der Waals surface area (Å²) in [5.74, 6) is -0.351. The molecule has 0 unspecified atom stereocenters. The number of rotatable bonds is 5. The molecule has 0 fully saturated rings. The van der Waals surface area contributed by atoms with Crippen molar-refractivity contribution in [3.8, 4) is 0 Å². The summed E-state index contributed by atoms with van der Waals surface area (Å²) in [4.78, 5) is 11.5. The molecule has 0 atom stereocenters. The van der Waals surface area contributed by atoms with Gasteiger partial charge in [0, 0.05) is 23.4 Å². The van der Waals surface area contributed by atoms with Crippen molar-refractivity contribution in [2.45, 2.75) is 32.6 Å². The molecule has 0 bridgehead atoms. The first-order valence-electron chi connectivity index (χ1n) is 5.09. The molecular formula is C12H14ClFO. The zero-order chi connectivity index (χ0) is 11.3. The normalized spacial score (nSPS) is 10.3. The minimum Gasteiger partial charge on any atom is -0.299 e. The van der Waals surface area contributed by atoms with Gasteiger partial charge in [0.05, 0.1) is 0 Å². The van der Waals surface area contributed by atoms with E-state index in [-0.39, 0.29) is 12.2 Å². The Bertz CT molecular complexity index is 329. The highest BCUT2D eigenvalue weighted by atomic mass is 35.5. The fraction of sp³-hybridized carbons (Fsp3) is 0.417. The molecule has 0 aliphatic rings. The Morgan fingerprint density at radius 3 is 2.80 bits per heavy atom. The standard InChI is InChI=1S/C12H14ClFO/c1-2-3-5-9(15)8-10-11(13)6-4-7-12(10)14/h4,6-7H,2-3,5,8H2,1H3. The molecular weight excluding hydrogens is 215 g/mol. The van der Waals surface area contributed by atoms with Gasteiger partial charge >= 0.3 is 0 Å². The molecule has 1 nitrogen and oxygen atoms in total. The van der Waals surface area contributed by atoms with Gasteiger partial charge in [0.2, 0.25) is 0 Å². The second-order valence-electron chi connectivity index (χ2n) is 3.52. The Morgan fingerprint density at radius 1 is 1.47 bits per heavy atom. The van der Waals surface area contributed by atoms with Gasteiger partial charge in [0.1, 0.15) is 11.6 Å². The average molecular weight is 229 g/mol. The van der Waals surface area contributed by atoms with Crippen LogP contribution in [0.25, 0.3) is 0 Å². The van der Waals surface area contributed by atoms with E-state index >= 15 is 0 Å². The van der Waals surface area contributed by atoms with Crippen molar-refractivity contribution in [3.05, 3.63) is 34.6 Å². The van der Waals surface area contributed by atoms with Crippen LogP contribution in [0.1, 0.15) is 31.7 Å². The van der Waals surface area contributed by atoms with Gasteiger partial charge in [-0.2, -0.15) is 0 Å². The lowest BCUT2D eigenvalue weighted by atomic mass is 10.0. The largest absolute Gasteiger partial charge is 0.299 e. The fourth-order valence-corrected chi connectivity index (χ4v) is 1.59. The summed E-state index contributed by atoms with van der Waals surface area (Å²) >= 11 is 5.82. The first-order chi connectivity index (χ1) is 7.15. The number of benzene rings is 1. The highest BCUT2D eigenvalue weighted by Crippen LogP contribution is 2.20. The van der Waals surface area contributed by atoms with Crippen LogP contribution in [0.15, 0.2) is 18.2 Å². The van der Waals surface area contributed by atoms with Gasteiger partial charge < -0.3 is 0 Å². The number of Topliss-reactive ketones (excluding diaryl/α,β-unsaturated/α-hetero) is 1. The van der Waals surface area contributed by atoms with E-state index in [0.717, 1.165) is 12.8 Å². The van der Waals surface area contributed by atoms with Crippen LogP contribution >= 0.6 is 11.6 Å². The number of hydrogen-bond acceptors (Lipinski definition) is 1. The lowest BCUT2D eigenvalue weighted by Gasteiger charge is -2.04. The van der Waals surface area contributed by atoms with E-state index in [1.165, 1.54) is 12.1 Å². The van der Waals surface area contributed by atoms with Gasteiger partial charge in [-0.15, -0.1) is 0 Å². The van der Waals surface area contributed by atoms with E-state index in [1.54, 1.807) is 6.07 Å². The van der Waals surface area contributed by atoms with E-state index in [1.807, 2.05) is 6.92 Å². The van der Waals surface area contributed by atoms with Crippen LogP contribution in [-0.4, -0.2) is 5.78 Å². The smallest absolute Gasteiger partial charge is 0.137 e. The quantitative estimate of drug-likeness (QED) is 0.750. The summed E-state index contributed by atoms with van der Waals surface area (Å²) in [6, 6.07) is 4.47. The van der Waals surface area contributed by atoms with Crippen molar-refractivity contribution in [3.63, 3.8) is 0 Å². The summed E-state index contributed by atoms with van der Waals surface area (Å²) in [6.07, 6.45) is 2.42. The van der Waals surface area contributed by atoms with Gasteiger partial charge in [0.15, 0.2) is 0 Å². The van der Waals surface area contributed by atoms with E-state index in [0.29, 0.717) is 17.0 Å². The third kappa shape index (κ3) is 3.63. The average Bonchev–Trinajstić information content (AvgIpc) is 2.21. The minimum absolute atomic E-state index is 0.0452. The number of unbranched alkanes of at least 4 members (excludes halogenated alkanes) is 1. The number of halogens is 2. The Morgan fingerprint density at radius 2 is 2.20 bits per heavy atom. The van der Waals surface area contributed by atoms with Gasteiger partial charge in [-0.3, -0.25) is 4.79 Å². The number of ketones is 1. The summed E-state index contributed by atoms with van der Waals surface area (Å²) in [6.45, 7) is 2.02. The Hall–Kier alpha value is -0.890. The number of carbonyl (C=O) groups excluding carboxylic acids is 1. The van der Waals surface area contributed by atoms with Crippen LogP contribution in [0.3, 0.4) is 0 Å². The van der Waals surface area contributed by atoms with Crippen molar-refractivity contribution in [1.82, 2.24) is 0 Å². The van der Waals surface area contributed by atoms with E-state index in [2.05, 4.69) is 0 Å². The molecule has 0 saturated heterocycles. The lowest BCUT2D eigenvalue weighted by Crippen LogP contribution is -2.04. The van der Waals surface area contributed by atoms with Crippen LogP contribution in [0.4, 0.5) is 4.39 Å². The van der Waals surface area contributed by atoms with Gasteiger partial charge in [-0.1, -0.05) is 31.0 Å². The highest BCUT2D eigenvalue weighted by Gasteiger charge is 2.11. The van der Waals surface area contributed by atoms with Crippen LogP contribution in [0.2, 0.25) is 5.02 Å². The molecule has 15 heavy (non-hydrogen) atoms. The second-order valence-corrected chi connectivity index (χ2v) is 3.93. The van der Waals surface area contributed by atoms with Crippen LogP contribution in [0.5, 0.6) is 0 Å². The molecule has 1 rings (SSSR count). The van der Waals surface area contributed by atoms with E-state index < -0.39 is 5.82 Å². The molecule has 3 heteroatoms. The van der Waals surface area contributed by atoms with E-state index in [9.17, 15) is 9.18 Å².